The molecule has 4 rings (SSSR count). The fourth-order valence-electron chi connectivity index (χ4n) is 4.10. The summed E-state index contributed by atoms with van der Waals surface area (Å²) in [7, 11) is 1.53. The zero-order valence-corrected chi connectivity index (χ0v) is 24.7. The number of benzene rings is 2. The van der Waals surface area contributed by atoms with E-state index in [-0.39, 0.29) is 62.9 Å². The Morgan fingerprint density at radius 2 is 1.82 bits per heavy atom. The van der Waals surface area contributed by atoms with Crippen molar-refractivity contribution in [3.05, 3.63) is 74.6 Å². The first kappa shape index (κ1) is 31.8. The first-order chi connectivity index (χ1) is 17.8. The summed E-state index contributed by atoms with van der Waals surface area (Å²) in [6.07, 6.45) is 0.789. The van der Waals surface area contributed by atoms with Crippen LogP contribution in [0.4, 0.5) is 11.4 Å². The number of anilines is 1. The van der Waals surface area contributed by atoms with Gasteiger partial charge in [0.05, 0.1) is 43.0 Å². The van der Waals surface area contributed by atoms with Crippen molar-refractivity contribution in [3.8, 4) is 0 Å². The number of carbonyl (C=O) groups excluding carboxylic acids is 1. The van der Waals surface area contributed by atoms with Crippen LogP contribution in [0.1, 0.15) is 23.7 Å². The monoisotopic (exact) mass is 601 g/mol. The quantitative estimate of drug-likeness (QED) is 0.282. The molecule has 1 radical (unpaired) electrons. The van der Waals surface area contributed by atoms with Gasteiger partial charge < -0.3 is 15.2 Å². The molecule has 1 saturated heterocycles. The van der Waals surface area contributed by atoms with Gasteiger partial charge in [-0.05, 0) is 31.5 Å². The van der Waals surface area contributed by atoms with Crippen LogP contribution in [0.3, 0.4) is 0 Å². The van der Waals surface area contributed by atoms with Crippen molar-refractivity contribution in [2.24, 2.45) is 0 Å². The minimum Gasteiger partial charge on any atom is -0.699 e. The van der Waals surface area contributed by atoms with Gasteiger partial charge in [0, 0.05) is 71.6 Å². The Morgan fingerprint density at radius 1 is 1.08 bits per heavy atom. The zero-order chi connectivity index (χ0) is 26.8. The van der Waals surface area contributed by atoms with E-state index in [9.17, 15) is 14.4 Å². The minimum atomic E-state index is -0.381. The molecule has 1 fully saturated rings. The topological polar surface area (TPSA) is 139 Å². The predicted octanol–water partition coefficient (Wildman–Crippen LogP) is 2.90. The second kappa shape index (κ2) is 15.9. The van der Waals surface area contributed by atoms with Crippen LogP contribution in [-0.4, -0.2) is 71.6 Å². The first-order valence-electron chi connectivity index (χ1n) is 12.1. The second-order valence-electron chi connectivity index (χ2n) is 8.67. The van der Waals surface area contributed by atoms with Crippen LogP contribution in [0.25, 0.3) is 16.6 Å². The SMILES string of the molecule is CC(=O)c1cccc([NH-])c1.COCCn1c(=O)c2cc(NO)ccc2n(CCCN2CCOCC2)c1=O.[Y]. The van der Waals surface area contributed by atoms with Crippen LogP contribution in [0.15, 0.2) is 52.1 Å². The Morgan fingerprint density at radius 3 is 2.42 bits per heavy atom. The molecule has 38 heavy (non-hydrogen) atoms. The maximum absolute atomic E-state index is 12.9. The number of hydrogen-bond donors (Lipinski definition) is 2. The molecule has 0 atom stereocenters. The summed E-state index contributed by atoms with van der Waals surface area (Å²) in [5.41, 5.74) is 10.5. The molecule has 11 nitrogen and oxygen atoms in total. The third-order valence-corrected chi connectivity index (χ3v) is 6.10. The molecule has 0 amide bonds. The molecular formula is C26H34N5O6Y-. The van der Waals surface area contributed by atoms with Gasteiger partial charge in [0.15, 0.2) is 5.78 Å². The van der Waals surface area contributed by atoms with Crippen molar-refractivity contribution < 1.29 is 52.2 Å². The summed E-state index contributed by atoms with van der Waals surface area (Å²) in [6, 6.07) is 11.5. The van der Waals surface area contributed by atoms with Crippen molar-refractivity contribution in [3.63, 3.8) is 0 Å². The number of methoxy groups -OCH3 is 1. The number of morpholine rings is 1. The number of aryl methyl sites for hydroxylation is 1. The number of carbonyl (C=O) groups is 1. The molecule has 3 N–H and O–H groups in total. The van der Waals surface area contributed by atoms with E-state index < -0.39 is 0 Å². The van der Waals surface area contributed by atoms with Crippen molar-refractivity contribution in [2.45, 2.75) is 26.4 Å². The van der Waals surface area contributed by atoms with Gasteiger partial charge in [0.1, 0.15) is 0 Å². The van der Waals surface area contributed by atoms with Crippen molar-refractivity contribution >= 4 is 28.1 Å². The Kier molecular flexibility index (Phi) is 13.3. The first-order valence-corrected chi connectivity index (χ1v) is 12.1. The average Bonchev–Trinajstić information content (AvgIpc) is 2.91. The van der Waals surface area contributed by atoms with Crippen molar-refractivity contribution in [1.82, 2.24) is 14.0 Å². The van der Waals surface area contributed by atoms with E-state index in [1.165, 1.54) is 18.6 Å². The second-order valence-corrected chi connectivity index (χ2v) is 8.67. The van der Waals surface area contributed by atoms with Crippen LogP contribution in [0.5, 0.6) is 0 Å². The van der Waals surface area contributed by atoms with Gasteiger partial charge in [-0.2, -0.15) is 0 Å². The summed E-state index contributed by atoms with van der Waals surface area (Å²) in [4.78, 5) is 38.7. The zero-order valence-electron chi connectivity index (χ0n) is 21.8. The summed E-state index contributed by atoms with van der Waals surface area (Å²) in [6.45, 7) is 6.59. The molecule has 3 aromatic rings. The van der Waals surface area contributed by atoms with E-state index in [1.807, 2.05) is 0 Å². The number of ether oxygens (including phenoxy) is 2. The molecule has 1 aliphatic heterocycles. The van der Waals surface area contributed by atoms with E-state index in [1.54, 1.807) is 47.0 Å². The van der Waals surface area contributed by atoms with Crippen LogP contribution >= 0.6 is 0 Å². The molecule has 2 aromatic carbocycles. The molecule has 0 saturated carbocycles. The molecule has 0 aliphatic carbocycles. The van der Waals surface area contributed by atoms with E-state index in [2.05, 4.69) is 10.4 Å². The molecular weight excluding hydrogens is 567 g/mol. The molecule has 0 unspecified atom stereocenters. The smallest absolute Gasteiger partial charge is 0.331 e. The third kappa shape index (κ3) is 8.55. The Balaban J connectivity index is 0.000000389. The van der Waals surface area contributed by atoms with Gasteiger partial charge in [-0.25, -0.2) is 4.79 Å². The summed E-state index contributed by atoms with van der Waals surface area (Å²) in [5.74, 6) is 0.00843. The summed E-state index contributed by atoms with van der Waals surface area (Å²) < 4.78 is 13.2. The predicted molar refractivity (Wildman–Crippen MR) is 142 cm³/mol. The van der Waals surface area contributed by atoms with Crippen molar-refractivity contribution in [1.29, 1.82) is 0 Å². The molecule has 203 valence electrons. The minimum absolute atomic E-state index is 0. The molecule has 0 spiro atoms. The molecule has 1 aromatic heterocycles. The Bertz CT molecular complexity index is 1320. The summed E-state index contributed by atoms with van der Waals surface area (Å²) >= 11 is 0. The standard InChI is InChI=1S/C18H26N4O5.C8H8NO.Y/c1-26-10-9-22-17(23)15-13-14(19-25)3-4-16(15)21(18(22)24)6-2-5-20-7-11-27-12-8-20;1-6(10)7-3-2-4-8(9)5-7;/h3-4,13,19,25H,2,5-12H2,1H3;2-5,9H,1H3;/q;-1;. The number of aromatic nitrogens is 2. The van der Waals surface area contributed by atoms with Gasteiger partial charge in [-0.15, -0.1) is 5.69 Å². The van der Waals surface area contributed by atoms with E-state index >= 15 is 0 Å². The van der Waals surface area contributed by atoms with Gasteiger partial charge in [-0.3, -0.25) is 34.3 Å². The Labute approximate surface area is 246 Å². The van der Waals surface area contributed by atoms with E-state index in [0.717, 1.165) is 39.3 Å². The van der Waals surface area contributed by atoms with E-state index in [0.29, 0.717) is 34.4 Å². The van der Waals surface area contributed by atoms with Gasteiger partial charge in [0.2, 0.25) is 0 Å². The van der Waals surface area contributed by atoms with Gasteiger partial charge >= 0.3 is 5.69 Å². The third-order valence-electron chi connectivity index (χ3n) is 6.10. The number of nitrogens with zero attached hydrogens (tertiary/aromatic N) is 3. The fraction of sp³-hybridized carbons (Fsp3) is 0.423. The van der Waals surface area contributed by atoms with Gasteiger partial charge in [0.25, 0.3) is 5.56 Å². The Hall–Kier alpha value is -2.41. The van der Waals surface area contributed by atoms with Crippen molar-refractivity contribution in [2.75, 3.05) is 52.0 Å². The van der Waals surface area contributed by atoms with Crippen LogP contribution in [0, 0.1) is 0 Å². The fourth-order valence-corrected chi connectivity index (χ4v) is 4.10. The normalized spacial score (nSPS) is 13.3. The van der Waals surface area contributed by atoms with Gasteiger partial charge in [-0.1, -0.05) is 24.3 Å². The molecule has 12 heteroatoms. The number of fused-ring (bicyclic) bond motifs is 1. The summed E-state index contributed by atoms with van der Waals surface area (Å²) in [5, 5.41) is 9.53. The maximum atomic E-state index is 12.9. The molecule has 2 heterocycles. The largest absolute Gasteiger partial charge is 0.699 e. The maximum Gasteiger partial charge on any atom is 0.331 e. The number of nitrogens with one attached hydrogen (secondary N) is 2. The average molecular weight is 601 g/mol. The van der Waals surface area contributed by atoms with E-state index in [4.69, 9.17) is 20.4 Å². The van der Waals surface area contributed by atoms with Crippen LogP contribution in [-0.2, 0) is 55.3 Å². The number of hydrogen-bond acceptors (Lipinski definition) is 8. The number of Topliss-reactive ketones (excluding diaryl/α,β-unsaturated/α-hetero) is 1. The molecule has 0 bridgehead atoms. The number of ketones is 1. The van der Waals surface area contributed by atoms with Crippen LogP contribution < -0.4 is 16.7 Å². The number of rotatable bonds is 9. The molecule has 1 aliphatic rings. The van der Waals surface area contributed by atoms with Crippen LogP contribution in [0.2, 0.25) is 0 Å².